The minimum atomic E-state index is 0.0875. The molecule has 0 bridgehead atoms. The van der Waals surface area contributed by atoms with E-state index in [-0.39, 0.29) is 22.5 Å². The molecule has 4 aliphatic carbocycles. The summed E-state index contributed by atoms with van der Waals surface area (Å²) in [6.45, 7) is 6.92. The summed E-state index contributed by atoms with van der Waals surface area (Å²) in [5.41, 5.74) is 2.90. The summed E-state index contributed by atoms with van der Waals surface area (Å²) in [6.07, 6.45) is 15.0. The molecular weight excluding hydrogens is 306 g/mol. The van der Waals surface area contributed by atoms with E-state index < -0.39 is 0 Å². The van der Waals surface area contributed by atoms with Crippen molar-refractivity contribution in [3.05, 3.63) is 35.5 Å². The number of hydrogen-bond acceptors (Lipinski definition) is 2. The molecule has 4 rings (SSSR count). The number of nitriles is 1. The third-order valence-electron chi connectivity index (χ3n) is 8.03. The third-order valence-corrected chi connectivity index (χ3v) is 8.03. The lowest BCUT2D eigenvalue weighted by Crippen LogP contribution is -2.48. The van der Waals surface area contributed by atoms with Crippen LogP contribution in [-0.2, 0) is 4.79 Å². The van der Waals surface area contributed by atoms with Crippen LogP contribution in [-0.4, -0.2) is 5.78 Å². The Morgan fingerprint density at radius 3 is 2.84 bits per heavy atom. The van der Waals surface area contributed by atoms with Crippen molar-refractivity contribution in [2.45, 2.75) is 59.3 Å². The van der Waals surface area contributed by atoms with Crippen LogP contribution < -0.4 is 0 Å². The zero-order chi connectivity index (χ0) is 17.8. The zero-order valence-electron chi connectivity index (χ0n) is 15.7. The number of carbonyl (C=O) groups is 1. The number of allylic oxidation sites excluding steroid dienone is 6. The molecule has 0 spiro atoms. The van der Waals surface area contributed by atoms with Crippen LogP contribution in [0.5, 0.6) is 0 Å². The van der Waals surface area contributed by atoms with Gasteiger partial charge in [-0.2, -0.15) is 5.26 Å². The van der Waals surface area contributed by atoms with Crippen molar-refractivity contribution in [2.75, 3.05) is 0 Å². The fraction of sp³-hybridized carbons (Fsp3) is 0.652. The second-order valence-corrected chi connectivity index (χ2v) is 9.13. The standard InChI is InChI=1S/C23H29NO/c1-4-5-15-12-20-18-7-6-16-13-17(25)8-10-22(16,2)19(18)9-11-23(20,3)21(15)14-24/h5-7,13,18-21H,4,8-12H2,1-3H3/t18-,19+,20+,21+,22+,23+/m1/s1. The van der Waals surface area contributed by atoms with E-state index in [1.54, 1.807) is 0 Å². The molecule has 0 saturated heterocycles. The second kappa shape index (κ2) is 5.70. The molecule has 0 radical (unpaired) electrons. The topological polar surface area (TPSA) is 40.9 Å². The molecule has 2 heteroatoms. The zero-order valence-corrected chi connectivity index (χ0v) is 15.7. The normalized spacial score (nSPS) is 46.9. The van der Waals surface area contributed by atoms with Gasteiger partial charge in [0.05, 0.1) is 12.0 Å². The van der Waals surface area contributed by atoms with Crippen LogP contribution in [0.1, 0.15) is 59.3 Å². The highest BCUT2D eigenvalue weighted by atomic mass is 16.1. The van der Waals surface area contributed by atoms with Gasteiger partial charge in [0.2, 0.25) is 0 Å². The molecule has 0 aromatic heterocycles. The molecule has 6 atom stereocenters. The van der Waals surface area contributed by atoms with Crippen molar-refractivity contribution in [1.29, 1.82) is 5.26 Å². The molecule has 0 unspecified atom stereocenters. The van der Waals surface area contributed by atoms with Gasteiger partial charge in [0.1, 0.15) is 0 Å². The second-order valence-electron chi connectivity index (χ2n) is 9.13. The smallest absolute Gasteiger partial charge is 0.156 e. The largest absolute Gasteiger partial charge is 0.295 e. The van der Waals surface area contributed by atoms with Crippen molar-refractivity contribution in [1.82, 2.24) is 0 Å². The Labute approximate surface area is 151 Å². The van der Waals surface area contributed by atoms with Crippen LogP contribution >= 0.6 is 0 Å². The van der Waals surface area contributed by atoms with E-state index in [0.29, 0.717) is 24.2 Å². The van der Waals surface area contributed by atoms with Crippen molar-refractivity contribution in [2.24, 2.45) is 34.5 Å². The summed E-state index contributed by atoms with van der Waals surface area (Å²) < 4.78 is 0. The Morgan fingerprint density at radius 2 is 2.12 bits per heavy atom. The first-order chi connectivity index (χ1) is 11.9. The molecule has 2 saturated carbocycles. The number of ketones is 1. The first-order valence-electron chi connectivity index (χ1n) is 9.96. The van der Waals surface area contributed by atoms with Crippen molar-refractivity contribution in [3.63, 3.8) is 0 Å². The van der Waals surface area contributed by atoms with Gasteiger partial charge in [-0.15, -0.1) is 0 Å². The quantitative estimate of drug-likeness (QED) is 0.604. The van der Waals surface area contributed by atoms with Crippen LogP contribution in [0.4, 0.5) is 0 Å². The number of carbonyl (C=O) groups excluding carboxylic acids is 1. The molecular formula is C23H29NO. The van der Waals surface area contributed by atoms with E-state index in [1.807, 2.05) is 6.08 Å². The van der Waals surface area contributed by atoms with Gasteiger partial charge in [-0.1, -0.05) is 44.6 Å². The molecule has 2 fully saturated rings. The lowest BCUT2D eigenvalue weighted by atomic mass is 9.49. The molecule has 25 heavy (non-hydrogen) atoms. The fourth-order valence-electron chi connectivity index (χ4n) is 6.58. The van der Waals surface area contributed by atoms with Crippen LogP contribution in [0.2, 0.25) is 0 Å². The maximum absolute atomic E-state index is 11.9. The SMILES string of the molecule is CCC=C1C[C@H]2[C@@H]3C=CC4=CC(=O)CC[C@]4(C)[C@H]3CC[C@]2(C)[C@H]1C#N. The van der Waals surface area contributed by atoms with Gasteiger partial charge >= 0.3 is 0 Å². The average molecular weight is 335 g/mol. The van der Waals surface area contributed by atoms with Gasteiger partial charge in [0, 0.05) is 6.42 Å². The van der Waals surface area contributed by atoms with Crippen LogP contribution in [0.3, 0.4) is 0 Å². The Bertz CT molecular complexity index is 736. The predicted octanol–water partition coefficient (Wildman–Crippen LogP) is 5.38. The highest BCUT2D eigenvalue weighted by Crippen LogP contribution is 2.66. The molecule has 0 aromatic carbocycles. The highest BCUT2D eigenvalue weighted by Gasteiger charge is 2.59. The highest BCUT2D eigenvalue weighted by molar-refractivity contribution is 5.92. The van der Waals surface area contributed by atoms with Gasteiger partial charge in [0.15, 0.2) is 5.78 Å². The molecule has 0 aromatic rings. The van der Waals surface area contributed by atoms with Crippen molar-refractivity contribution in [3.8, 4) is 6.07 Å². The van der Waals surface area contributed by atoms with E-state index >= 15 is 0 Å². The van der Waals surface area contributed by atoms with Gasteiger partial charge < -0.3 is 0 Å². The fourth-order valence-corrected chi connectivity index (χ4v) is 6.58. The maximum atomic E-state index is 11.9. The summed E-state index contributed by atoms with van der Waals surface area (Å²) in [6, 6.07) is 2.66. The Kier molecular flexibility index (Phi) is 3.83. The maximum Gasteiger partial charge on any atom is 0.156 e. The van der Waals surface area contributed by atoms with E-state index in [1.165, 1.54) is 17.6 Å². The molecule has 0 amide bonds. The van der Waals surface area contributed by atoms with Crippen molar-refractivity contribution < 1.29 is 4.79 Å². The summed E-state index contributed by atoms with van der Waals surface area (Å²) in [4.78, 5) is 11.9. The lowest BCUT2D eigenvalue weighted by Gasteiger charge is -2.55. The summed E-state index contributed by atoms with van der Waals surface area (Å²) in [5, 5.41) is 9.88. The van der Waals surface area contributed by atoms with Gasteiger partial charge in [-0.05, 0) is 72.3 Å². The monoisotopic (exact) mass is 335 g/mol. The Balaban J connectivity index is 1.75. The predicted molar refractivity (Wildman–Crippen MR) is 99.5 cm³/mol. The number of rotatable bonds is 1. The van der Waals surface area contributed by atoms with E-state index in [4.69, 9.17) is 0 Å². The van der Waals surface area contributed by atoms with E-state index in [9.17, 15) is 10.1 Å². The van der Waals surface area contributed by atoms with Crippen LogP contribution in [0.15, 0.2) is 35.5 Å². The third kappa shape index (κ3) is 2.24. The molecule has 0 N–H and O–H groups in total. The first kappa shape index (κ1) is 16.8. The first-order valence-corrected chi connectivity index (χ1v) is 9.96. The Hall–Kier alpha value is -1.62. The lowest BCUT2D eigenvalue weighted by molar-refractivity contribution is -0.116. The number of nitrogens with zero attached hydrogens (tertiary/aromatic N) is 1. The van der Waals surface area contributed by atoms with Gasteiger partial charge in [-0.25, -0.2) is 0 Å². The van der Waals surface area contributed by atoms with Crippen LogP contribution in [0.25, 0.3) is 0 Å². The summed E-state index contributed by atoms with van der Waals surface area (Å²) in [5.74, 6) is 2.11. The van der Waals surface area contributed by atoms with Crippen LogP contribution in [0, 0.1) is 45.8 Å². The summed E-state index contributed by atoms with van der Waals surface area (Å²) >= 11 is 0. The number of hydrogen-bond donors (Lipinski definition) is 0. The van der Waals surface area contributed by atoms with Gasteiger partial charge in [0.25, 0.3) is 0 Å². The van der Waals surface area contributed by atoms with Crippen molar-refractivity contribution >= 4 is 5.78 Å². The molecule has 4 aliphatic rings. The van der Waals surface area contributed by atoms with Gasteiger partial charge in [-0.3, -0.25) is 4.79 Å². The van der Waals surface area contributed by atoms with E-state index in [2.05, 4.69) is 45.1 Å². The average Bonchev–Trinajstić information content (AvgIpc) is 2.87. The summed E-state index contributed by atoms with van der Waals surface area (Å²) in [7, 11) is 0. The number of fused-ring (bicyclic) bond motifs is 5. The molecule has 2 nitrogen and oxygen atoms in total. The molecule has 0 aliphatic heterocycles. The minimum Gasteiger partial charge on any atom is -0.295 e. The molecule has 0 heterocycles. The molecule has 132 valence electrons. The van der Waals surface area contributed by atoms with E-state index in [0.717, 1.165) is 25.7 Å². The Morgan fingerprint density at radius 1 is 1.32 bits per heavy atom. The minimum absolute atomic E-state index is 0.0875.